The number of allylic oxidation sites excluding steroid dienone is 3. The minimum atomic E-state index is -0.605. The third kappa shape index (κ3) is 2.93. The van der Waals surface area contributed by atoms with Crippen LogP contribution in [-0.2, 0) is 16.1 Å². The zero-order valence-electron chi connectivity index (χ0n) is 14.4. The van der Waals surface area contributed by atoms with Crippen LogP contribution in [0.4, 0.5) is 0 Å². The van der Waals surface area contributed by atoms with Crippen molar-refractivity contribution in [3.63, 3.8) is 0 Å². The molecule has 0 saturated carbocycles. The number of ether oxygens (including phenoxy) is 1. The summed E-state index contributed by atoms with van der Waals surface area (Å²) in [6, 6.07) is 2.12. The summed E-state index contributed by atoms with van der Waals surface area (Å²) in [5.41, 5.74) is 8.08. The highest BCUT2D eigenvalue weighted by Gasteiger charge is 2.41. The number of ketones is 1. The van der Waals surface area contributed by atoms with Crippen LogP contribution in [-0.4, -0.2) is 15.6 Å². The molecule has 0 amide bonds. The smallest absolute Gasteiger partial charge is 0.205 e. The Labute approximate surface area is 151 Å². The molecule has 0 bridgehead atoms. The predicted octanol–water partition coefficient (Wildman–Crippen LogP) is 3.46. The molecule has 6 nitrogen and oxygen atoms in total. The normalized spacial score (nSPS) is 20.4. The monoisotopic (exact) mass is 360 g/mol. The highest BCUT2D eigenvalue weighted by atomic mass is 35.5. The number of halogens is 1. The lowest BCUT2D eigenvalue weighted by Crippen LogP contribution is -2.29. The average Bonchev–Trinajstić information content (AvgIpc) is 2.86. The number of nitrogens with zero attached hydrogens (tertiary/aromatic N) is 3. The van der Waals surface area contributed by atoms with Crippen molar-refractivity contribution in [2.24, 2.45) is 5.73 Å². The molecule has 2 aliphatic rings. The van der Waals surface area contributed by atoms with Crippen molar-refractivity contribution in [1.29, 1.82) is 5.26 Å². The van der Waals surface area contributed by atoms with E-state index in [-0.39, 0.29) is 17.2 Å². The molecule has 0 radical (unpaired) electrons. The molecule has 1 aliphatic carbocycles. The summed E-state index contributed by atoms with van der Waals surface area (Å²) in [7, 11) is 0. The minimum absolute atomic E-state index is 0.0107. The number of carbonyl (C=O) groups excluding carboxylic acids is 1. The second kappa shape index (κ2) is 6.93. The third-order valence-electron chi connectivity index (χ3n) is 4.69. The van der Waals surface area contributed by atoms with Gasteiger partial charge in [0.05, 0.1) is 22.3 Å². The van der Waals surface area contributed by atoms with Gasteiger partial charge in [-0.15, -0.1) is 0 Å². The van der Waals surface area contributed by atoms with E-state index in [1.165, 1.54) is 0 Å². The summed E-state index contributed by atoms with van der Waals surface area (Å²) in [5, 5.41) is 14.7. The lowest BCUT2D eigenvalue weighted by molar-refractivity contribution is -0.116. The topological polar surface area (TPSA) is 93.9 Å². The molecular formula is C18H21ClN4O2. The van der Waals surface area contributed by atoms with Gasteiger partial charge in [-0.25, -0.2) is 0 Å². The lowest BCUT2D eigenvalue weighted by atomic mass is 9.79. The van der Waals surface area contributed by atoms with E-state index in [4.69, 9.17) is 22.1 Å². The van der Waals surface area contributed by atoms with Crippen molar-refractivity contribution in [2.75, 3.05) is 0 Å². The number of Topliss-reactive ketones (excluding diaryl/α,β-unsaturated/α-hetero) is 1. The Morgan fingerprint density at radius 2 is 2.24 bits per heavy atom. The summed E-state index contributed by atoms with van der Waals surface area (Å²) in [5.74, 6) is 0.00295. The van der Waals surface area contributed by atoms with Crippen molar-refractivity contribution in [2.45, 2.75) is 58.4 Å². The zero-order valence-corrected chi connectivity index (χ0v) is 15.2. The van der Waals surface area contributed by atoms with E-state index in [0.717, 1.165) is 19.3 Å². The molecule has 7 heteroatoms. The number of carbonyl (C=O) groups is 1. The van der Waals surface area contributed by atoms with Gasteiger partial charge in [0.25, 0.3) is 0 Å². The standard InChI is InChI=1S/C18H21ClN4O2/c1-3-4-8-23-17(16(19)10(2)22-23)14-11(9-20)18(21)25-13-7-5-6-12(24)15(13)14/h14H,3-8,21H2,1-2H3. The number of nitriles is 1. The predicted molar refractivity (Wildman–Crippen MR) is 93.4 cm³/mol. The molecule has 2 heterocycles. The first-order valence-corrected chi connectivity index (χ1v) is 8.94. The van der Waals surface area contributed by atoms with E-state index in [2.05, 4.69) is 18.1 Å². The zero-order chi connectivity index (χ0) is 18.1. The van der Waals surface area contributed by atoms with Crippen molar-refractivity contribution in [1.82, 2.24) is 9.78 Å². The molecule has 25 heavy (non-hydrogen) atoms. The summed E-state index contributed by atoms with van der Waals surface area (Å²) < 4.78 is 7.42. The van der Waals surface area contributed by atoms with Crippen LogP contribution >= 0.6 is 11.6 Å². The van der Waals surface area contributed by atoms with Crippen LogP contribution in [0.1, 0.15) is 56.3 Å². The van der Waals surface area contributed by atoms with Crippen LogP contribution in [0.2, 0.25) is 5.02 Å². The van der Waals surface area contributed by atoms with Gasteiger partial charge >= 0.3 is 0 Å². The molecule has 1 aliphatic heterocycles. The summed E-state index contributed by atoms with van der Waals surface area (Å²) >= 11 is 6.54. The van der Waals surface area contributed by atoms with Gasteiger partial charge in [-0.2, -0.15) is 10.4 Å². The fourth-order valence-corrected chi connectivity index (χ4v) is 3.71. The first kappa shape index (κ1) is 17.6. The Kier molecular flexibility index (Phi) is 4.87. The number of aryl methyl sites for hydroxylation is 2. The summed E-state index contributed by atoms with van der Waals surface area (Å²) in [6.07, 6.45) is 3.73. The van der Waals surface area contributed by atoms with Crippen LogP contribution in [0.5, 0.6) is 0 Å². The van der Waals surface area contributed by atoms with Crippen LogP contribution in [0, 0.1) is 18.3 Å². The van der Waals surface area contributed by atoms with Crippen LogP contribution in [0.25, 0.3) is 0 Å². The fourth-order valence-electron chi connectivity index (χ4n) is 3.46. The Morgan fingerprint density at radius 3 is 2.92 bits per heavy atom. The molecule has 0 spiro atoms. The Hall–Kier alpha value is -2.26. The first-order valence-electron chi connectivity index (χ1n) is 8.56. The van der Waals surface area contributed by atoms with Gasteiger partial charge in [-0.1, -0.05) is 24.9 Å². The highest BCUT2D eigenvalue weighted by Crippen LogP contribution is 2.45. The highest BCUT2D eigenvalue weighted by molar-refractivity contribution is 6.32. The first-order chi connectivity index (χ1) is 12.0. The molecule has 1 unspecified atom stereocenters. The molecule has 0 saturated heterocycles. The van der Waals surface area contributed by atoms with E-state index in [1.807, 2.05) is 11.6 Å². The number of hydrogen-bond donors (Lipinski definition) is 1. The maximum atomic E-state index is 12.6. The molecule has 1 aromatic rings. The van der Waals surface area contributed by atoms with Gasteiger partial charge in [0, 0.05) is 25.0 Å². The summed E-state index contributed by atoms with van der Waals surface area (Å²) in [4.78, 5) is 12.6. The van der Waals surface area contributed by atoms with Crippen LogP contribution in [0.3, 0.4) is 0 Å². The Morgan fingerprint density at radius 1 is 1.48 bits per heavy atom. The molecule has 132 valence electrons. The summed E-state index contributed by atoms with van der Waals surface area (Å²) in [6.45, 7) is 4.59. The van der Waals surface area contributed by atoms with Gasteiger partial charge in [-0.05, 0) is 19.8 Å². The molecule has 2 N–H and O–H groups in total. The number of unbranched alkanes of at least 4 members (excludes halogenated alkanes) is 1. The van der Waals surface area contributed by atoms with E-state index in [9.17, 15) is 10.1 Å². The molecule has 0 fully saturated rings. The Balaban J connectivity index is 2.21. The fraction of sp³-hybridized carbons (Fsp3) is 0.500. The molecule has 3 rings (SSSR count). The molecule has 0 aromatic carbocycles. The second-order valence-corrected chi connectivity index (χ2v) is 6.78. The van der Waals surface area contributed by atoms with Crippen molar-refractivity contribution in [3.8, 4) is 6.07 Å². The third-order valence-corrected chi connectivity index (χ3v) is 5.16. The maximum absolute atomic E-state index is 12.6. The molecular weight excluding hydrogens is 340 g/mol. The van der Waals surface area contributed by atoms with Gasteiger partial charge < -0.3 is 10.5 Å². The largest absolute Gasteiger partial charge is 0.444 e. The van der Waals surface area contributed by atoms with E-state index in [0.29, 0.717) is 47.1 Å². The van der Waals surface area contributed by atoms with E-state index < -0.39 is 5.92 Å². The van der Waals surface area contributed by atoms with Gasteiger partial charge in [0.15, 0.2) is 5.78 Å². The number of hydrogen-bond acceptors (Lipinski definition) is 5. The number of nitrogens with two attached hydrogens (primary N) is 1. The van der Waals surface area contributed by atoms with Crippen LogP contribution < -0.4 is 5.73 Å². The van der Waals surface area contributed by atoms with E-state index >= 15 is 0 Å². The molecule has 1 aromatic heterocycles. The number of aromatic nitrogens is 2. The van der Waals surface area contributed by atoms with E-state index in [1.54, 1.807) is 0 Å². The van der Waals surface area contributed by atoms with Crippen LogP contribution in [0.15, 0.2) is 22.8 Å². The molecule has 1 atom stereocenters. The van der Waals surface area contributed by atoms with Gasteiger partial charge in [-0.3, -0.25) is 9.48 Å². The van der Waals surface area contributed by atoms with Gasteiger partial charge in [0.1, 0.15) is 17.4 Å². The van der Waals surface area contributed by atoms with Crippen molar-refractivity contribution < 1.29 is 9.53 Å². The van der Waals surface area contributed by atoms with Gasteiger partial charge in [0.2, 0.25) is 5.88 Å². The lowest BCUT2D eigenvalue weighted by Gasteiger charge is -2.31. The average molecular weight is 361 g/mol. The SMILES string of the molecule is CCCCn1nc(C)c(Cl)c1C1C(C#N)=C(N)OC2=C1C(=O)CCC2. The number of rotatable bonds is 4. The van der Waals surface area contributed by atoms with Crippen molar-refractivity contribution in [3.05, 3.63) is 39.2 Å². The van der Waals surface area contributed by atoms with Crippen molar-refractivity contribution >= 4 is 17.4 Å². The second-order valence-electron chi connectivity index (χ2n) is 6.40. The maximum Gasteiger partial charge on any atom is 0.205 e. The minimum Gasteiger partial charge on any atom is -0.444 e. The quantitative estimate of drug-likeness (QED) is 0.887. The Bertz CT molecular complexity index is 829.